The fourth-order valence-electron chi connectivity index (χ4n) is 1.88. The molecule has 2 aromatic rings. The molecular weight excluding hydrogens is 314 g/mol. The molecule has 5 heteroatoms. The third-order valence-corrected chi connectivity index (χ3v) is 4.31. The van der Waals surface area contributed by atoms with Crippen molar-refractivity contribution in [3.63, 3.8) is 0 Å². The number of aromatic nitrogens is 2. The van der Waals surface area contributed by atoms with E-state index in [1.54, 1.807) is 0 Å². The van der Waals surface area contributed by atoms with Crippen LogP contribution in [0.2, 0.25) is 5.02 Å². The molecule has 0 aliphatic rings. The highest BCUT2D eigenvalue weighted by molar-refractivity contribution is 9.10. The summed E-state index contributed by atoms with van der Waals surface area (Å²) in [5.74, 6) is 0.885. The van der Waals surface area contributed by atoms with Crippen molar-refractivity contribution in [3.8, 4) is 0 Å². The normalized spacial score (nSPS) is 10.9. The Hall–Kier alpha value is -0.840. The number of aryl methyl sites for hydroxylation is 2. The fourth-order valence-corrected chi connectivity index (χ4v) is 2.60. The zero-order valence-corrected chi connectivity index (χ0v) is 12.5. The summed E-state index contributed by atoms with van der Waals surface area (Å²) in [4.78, 5) is 4.52. The quantitative estimate of drug-likeness (QED) is 0.937. The maximum atomic E-state index is 6.14. The Morgan fingerprint density at radius 3 is 2.67 bits per heavy atom. The van der Waals surface area contributed by atoms with Crippen LogP contribution >= 0.6 is 27.5 Å². The Bertz CT molecular complexity index is 551. The van der Waals surface area contributed by atoms with Crippen LogP contribution in [0, 0.1) is 0 Å². The van der Waals surface area contributed by atoms with E-state index >= 15 is 0 Å². The van der Waals surface area contributed by atoms with Gasteiger partial charge in [0.05, 0.1) is 12.2 Å². The number of benzene rings is 1. The minimum atomic E-state index is 0.446. The molecule has 3 nitrogen and oxygen atoms in total. The molecule has 1 aromatic heterocycles. The van der Waals surface area contributed by atoms with E-state index in [1.807, 2.05) is 35.9 Å². The summed E-state index contributed by atoms with van der Waals surface area (Å²) in [6.07, 6.45) is 1.72. The van der Waals surface area contributed by atoms with Crippen LogP contribution in [0.25, 0.3) is 0 Å². The lowest BCUT2D eigenvalue weighted by Gasteiger charge is -2.02. The van der Waals surface area contributed by atoms with E-state index in [-0.39, 0.29) is 0 Å². The topological polar surface area (TPSA) is 43.8 Å². The van der Waals surface area contributed by atoms with Crippen LogP contribution in [-0.2, 0) is 26.4 Å². The van der Waals surface area contributed by atoms with Gasteiger partial charge in [0.15, 0.2) is 0 Å². The monoisotopic (exact) mass is 327 g/mol. The molecule has 1 heterocycles. The van der Waals surface area contributed by atoms with Gasteiger partial charge in [-0.3, -0.25) is 0 Å². The van der Waals surface area contributed by atoms with Crippen molar-refractivity contribution >= 4 is 27.5 Å². The average molecular weight is 329 g/mol. The van der Waals surface area contributed by atoms with E-state index in [0.717, 1.165) is 39.5 Å². The molecule has 0 saturated heterocycles. The molecule has 0 spiro atoms. The first-order chi connectivity index (χ1) is 8.63. The lowest BCUT2D eigenvalue weighted by molar-refractivity contribution is 0.781. The van der Waals surface area contributed by atoms with E-state index < -0.39 is 0 Å². The van der Waals surface area contributed by atoms with Crippen molar-refractivity contribution < 1.29 is 0 Å². The van der Waals surface area contributed by atoms with Gasteiger partial charge < -0.3 is 10.3 Å². The van der Waals surface area contributed by atoms with Crippen LogP contribution in [0.1, 0.15) is 17.1 Å². The van der Waals surface area contributed by atoms with Crippen LogP contribution in [0.5, 0.6) is 0 Å². The number of hydrogen-bond acceptors (Lipinski definition) is 2. The van der Waals surface area contributed by atoms with Gasteiger partial charge in [0.1, 0.15) is 10.4 Å². The first-order valence-electron chi connectivity index (χ1n) is 5.77. The van der Waals surface area contributed by atoms with Gasteiger partial charge in [0.2, 0.25) is 0 Å². The van der Waals surface area contributed by atoms with Gasteiger partial charge in [-0.15, -0.1) is 0 Å². The highest BCUT2D eigenvalue weighted by Crippen LogP contribution is 2.21. The van der Waals surface area contributed by atoms with Gasteiger partial charge >= 0.3 is 0 Å². The van der Waals surface area contributed by atoms with Gasteiger partial charge in [-0.05, 0) is 40.4 Å². The largest absolute Gasteiger partial charge is 0.325 e. The first kappa shape index (κ1) is 13.6. The van der Waals surface area contributed by atoms with Crippen LogP contribution < -0.4 is 5.73 Å². The minimum absolute atomic E-state index is 0.446. The van der Waals surface area contributed by atoms with E-state index in [4.69, 9.17) is 17.3 Å². The number of nitrogens with zero attached hydrogens (tertiary/aromatic N) is 2. The van der Waals surface area contributed by atoms with Crippen LogP contribution in [0.4, 0.5) is 0 Å². The Balaban J connectivity index is 2.14. The second-order valence-corrected chi connectivity index (χ2v) is 5.28. The summed E-state index contributed by atoms with van der Waals surface area (Å²) in [6.45, 7) is 0.446. The minimum Gasteiger partial charge on any atom is -0.325 e. The molecule has 0 saturated carbocycles. The molecular formula is C13H15BrClN3. The molecule has 0 aliphatic carbocycles. The number of rotatable bonds is 4. The van der Waals surface area contributed by atoms with Crippen molar-refractivity contribution in [3.05, 3.63) is 51.0 Å². The standard InChI is InChI=1S/C13H15BrClN3/c1-18-12(8-16)17-11(13(18)14)7-6-9-4-2-3-5-10(9)15/h2-5H,6-8,16H2,1H3. The SMILES string of the molecule is Cn1c(CN)nc(CCc2ccccc2Cl)c1Br. The summed E-state index contributed by atoms with van der Waals surface area (Å²) in [6, 6.07) is 7.90. The molecule has 2 N–H and O–H groups in total. The maximum absolute atomic E-state index is 6.14. The average Bonchev–Trinajstić information content (AvgIpc) is 2.65. The van der Waals surface area contributed by atoms with Crippen LogP contribution in [0.3, 0.4) is 0 Å². The first-order valence-corrected chi connectivity index (χ1v) is 6.94. The van der Waals surface area contributed by atoms with Gasteiger partial charge in [-0.25, -0.2) is 4.98 Å². The molecule has 0 fully saturated rings. The molecule has 0 radical (unpaired) electrons. The Morgan fingerprint density at radius 1 is 1.33 bits per heavy atom. The molecule has 2 rings (SSSR count). The molecule has 1 aromatic carbocycles. The molecule has 18 heavy (non-hydrogen) atoms. The number of hydrogen-bond donors (Lipinski definition) is 1. The zero-order chi connectivity index (χ0) is 13.1. The zero-order valence-electron chi connectivity index (χ0n) is 10.2. The van der Waals surface area contributed by atoms with Gasteiger partial charge in [0, 0.05) is 12.1 Å². The Kier molecular flexibility index (Phi) is 4.43. The predicted molar refractivity (Wildman–Crippen MR) is 77.7 cm³/mol. The summed E-state index contributed by atoms with van der Waals surface area (Å²) in [5, 5.41) is 0.809. The summed E-state index contributed by atoms with van der Waals surface area (Å²) < 4.78 is 2.97. The summed E-state index contributed by atoms with van der Waals surface area (Å²) in [7, 11) is 1.96. The number of halogens is 2. The van der Waals surface area contributed by atoms with Crippen molar-refractivity contribution in [2.45, 2.75) is 19.4 Å². The smallest absolute Gasteiger partial charge is 0.123 e. The highest BCUT2D eigenvalue weighted by Gasteiger charge is 2.11. The van der Waals surface area contributed by atoms with Crippen molar-refractivity contribution in [2.24, 2.45) is 12.8 Å². The summed E-state index contributed by atoms with van der Waals surface area (Å²) in [5.41, 5.74) is 7.81. The third-order valence-electron chi connectivity index (χ3n) is 2.96. The molecule has 96 valence electrons. The van der Waals surface area contributed by atoms with E-state index in [2.05, 4.69) is 20.9 Å². The molecule has 0 amide bonds. The van der Waals surface area contributed by atoms with Gasteiger partial charge in [-0.1, -0.05) is 29.8 Å². The van der Waals surface area contributed by atoms with Gasteiger partial charge in [0.25, 0.3) is 0 Å². The Morgan fingerprint density at radius 2 is 2.06 bits per heavy atom. The number of nitrogens with two attached hydrogens (primary N) is 1. The second kappa shape index (κ2) is 5.87. The van der Waals surface area contributed by atoms with E-state index in [9.17, 15) is 0 Å². The van der Waals surface area contributed by atoms with Crippen molar-refractivity contribution in [2.75, 3.05) is 0 Å². The van der Waals surface area contributed by atoms with Crippen LogP contribution in [-0.4, -0.2) is 9.55 Å². The molecule has 0 aliphatic heterocycles. The predicted octanol–water partition coefficient (Wildman–Crippen LogP) is 3.08. The molecule has 0 atom stereocenters. The second-order valence-electron chi connectivity index (χ2n) is 4.12. The van der Waals surface area contributed by atoms with Gasteiger partial charge in [-0.2, -0.15) is 0 Å². The lowest BCUT2D eigenvalue weighted by Crippen LogP contribution is -2.04. The summed E-state index contributed by atoms with van der Waals surface area (Å²) >= 11 is 9.68. The third kappa shape index (κ3) is 2.76. The highest BCUT2D eigenvalue weighted by atomic mass is 79.9. The lowest BCUT2D eigenvalue weighted by atomic mass is 10.1. The molecule has 0 unspecified atom stereocenters. The van der Waals surface area contributed by atoms with Crippen LogP contribution in [0.15, 0.2) is 28.9 Å². The fraction of sp³-hybridized carbons (Fsp3) is 0.308. The maximum Gasteiger partial charge on any atom is 0.123 e. The van der Waals surface area contributed by atoms with E-state index in [0.29, 0.717) is 6.54 Å². The van der Waals surface area contributed by atoms with E-state index in [1.165, 1.54) is 0 Å². The number of imidazole rings is 1. The molecule has 0 bridgehead atoms. The van der Waals surface area contributed by atoms with Crippen molar-refractivity contribution in [1.82, 2.24) is 9.55 Å². The Labute approximate surface area is 120 Å². The van der Waals surface area contributed by atoms with Crippen molar-refractivity contribution in [1.29, 1.82) is 0 Å².